The average molecular weight is 418 g/mol. The van der Waals surface area contributed by atoms with Crippen molar-refractivity contribution in [1.82, 2.24) is 4.90 Å². The fourth-order valence-electron chi connectivity index (χ4n) is 2.97. The van der Waals surface area contributed by atoms with E-state index in [1.165, 1.54) is 36.1 Å². The van der Waals surface area contributed by atoms with Crippen molar-refractivity contribution in [3.8, 4) is 0 Å². The summed E-state index contributed by atoms with van der Waals surface area (Å²) in [4.78, 5) is 26.3. The second-order valence-corrected chi connectivity index (χ2v) is 10.8. The van der Waals surface area contributed by atoms with Gasteiger partial charge < -0.3 is 9.64 Å². The number of hydrogen-bond donors (Lipinski definition) is 0. The van der Waals surface area contributed by atoms with Crippen LogP contribution in [0.15, 0.2) is 29.2 Å². The fourth-order valence-corrected chi connectivity index (χ4v) is 5.33. The molecule has 2 atom stereocenters. The smallest absolute Gasteiger partial charge is 0.338 e. The molecule has 1 aromatic rings. The molecule has 1 heterocycles. The van der Waals surface area contributed by atoms with E-state index in [-0.39, 0.29) is 22.0 Å². The van der Waals surface area contributed by atoms with Gasteiger partial charge in [0.05, 0.1) is 22.0 Å². The number of hydrogen-bond acceptors (Lipinski definition) is 7. The molecule has 1 aromatic carbocycles. The lowest BCUT2D eigenvalue weighted by molar-refractivity contribution is -0.141. The summed E-state index contributed by atoms with van der Waals surface area (Å²) in [5.41, 5.74) is 0.119. The van der Waals surface area contributed by atoms with Gasteiger partial charge in [-0.05, 0) is 44.5 Å². The van der Waals surface area contributed by atoms with Gasteiger partial charge in [-0.25, -0.2) is 21.6 Å². The highest BCUT2D eigenvalue weighted by atomic mass is 32.2. The first kappa shape index (κ1) is 21.4. The number of esters is 1. The zero-order valence-corrected chi connectivity index (χ0v) is 17.0. The monoisotopic (exact) mass is 417 g/mol. The molecule has 2 unspecified atom stereocenters. The molecule has 1 amide bonds. The molecule has 1 aliphatic rings. The number of benzene rings is 1. The molecule has 0 saturated carbocycles. The van der Waals surface area contributed by atoms with Crippen molar-refractivity contribution in [3.05, 3.63) is 29.8 Å². The molecular weight excluding hydrogens is 394 g/mol. The maximum Gasteiger partial charge on any atom is 0.338 e. The zero-order valence-electron chi connectivity index (χ0n) is 15.4. The molecule has 10 heteroatoms. The normalized spacial score (nSPS) is 20.0. The Morgan fingerprint density at radius 3 is 2.30 bits per heavy atom. The highest BCUT2D eigenvalue weighted by Crippen LogP contribution is 2.19. The summed E-state index contributed by atoms with van der Waals surface area (Å²) in [6.07, 6.45) is 0.342. The van der Waals surface area contributed by atoms with E-state index in [1.54, 1.807) is 6.92 Å². The highest BCUT2D eigenvalue weighted by Gasteiger charge is 2.36. The van der Waals surface area contributed by atoms with Crippen molar-refractivity contribution in [2.24, 2.45) is 0 Å². The molecule has 2 rings (SSSR count). The van der Waals surface area contributed by atoms with Crippen LogP contribution in [0.5, 0.6) is 0 Å². The Morgan fingerprint density at radius 1 is 1.26 bits per heavy atom. The van der Waals surface area contributed by atoms with Crippen molar-refractivity contribution in [2.45, 2.75) is 37.3 Å². The third-order valence-corrected chi connectivity index (χ3v) is 7.30. The van der Waals surface area contributed by atoms with Crippen LogP contribution in [-0.4, -0.2) is 70.1 Å². The lowest BCUT2D eigenvalue weighted by Crippen LogP contribution is -2.46. The number of ether oxygens (including phenoxy) is 1. The summed E-state index contributed by atoms with van der Waals surface area (Å²) in [5.74, 6) is -1.26. The van der Waals surface area contributed by atoms with Gasteiger partial charge in [0.1, 0.15) is 0 Å². The van der Waals surface area contributed by atoms with E-state index in [0.29, 0.717) is 13.0 Å². The van der Waals surface area contributed by atoms with E-state index in [0.717, 1.165) is 6.26 Å². The molecule has 0 N–H and O–H groups in total. The first-order valence-corrected chi connectivity index (χ1v) is 12.2. The molecule has 8 nitrogen and oxygen atoms in total. The van der Waals surface area contributed by atoms with Crippen molar-refractivity contribution < 1.29 is 31.2 Å². The molecule has 150 valence electrons. The number of carbonyl (C=O) groups is 2. The predicted molar refractivity (Wildman–Crippen MR) is 98.9 cm³/mol. The van der Waals surface area contributed by atoms with E-state index in [9.17, 15) is 26.4 Å². The molecule has 0 aliphatic carbocycles. The summed E-state index contributed by atoms with van der Waals surface area (Å²) in [7, 11) is -6.52. The summed E-state index contributed by atoms with van der Waals surface area (Å²) in [6.45, 7) is 3.47. The average Bonchev–Trinajstić information content (AvgIpc) is 2.94. The Bertz CT molecular complexity index is 921. The van der Waals surface area contributed by atoms with Gasteiger partial charge in [-0.1, -0.05) is 0 Å². The van der Waals surface area contributed by atoms with Gasteiger partial charge in [0.2, 0.25) is 0 Å². The Kier molecular flexibility index (Phi) is 6.31. The third-order valence-electron chi connectivity index (χ3n) is 4.42. The van der Waals surface area contributed by atoms with Gasteiger partial charge >= 0.3 is 5.97 Å². The van der Waals surface area contributed by atoms with Crippen LogP contribution in [0.1, 0.15) is 30.6 Å². The van der Waals surface area contributed by atoms with Crippen LogP contribution < -0.4 is 0 Å². The SMILES string of the molecule is CCN(C(=O)C(C)OC(=O)c1ccc(S(C)(=O)=O)cc1)C1CCS(=O)(=O)C1. The number of rotatable bonds is 6. The molecular formula is C17H23NO7S2. The van der Waals surface area contributed by atoms with E-state index in [2.05, 4.69) is 0 Å². The first-order valence-electron chi connectivity index (χ1n) is 8.46. The zero-order chi connectivity index (χ0) is 20.4. The number of amides is 1. The van der Waals surface area contributed by atoms with Gasteiger partial charge in [-0.15, -0.1) is 0 Å². The van der Waals surface area contributed by atoms with Gasteiger partial charge in [-0.3, -0.25) is 4.79 Å². The lowest BCUT2D eigenvalue weighted by Gasteiger charge is -2.29. The molecule has 0 radical (unpaired) electrons. The number of nitrogens with zero attached hydrogens (tertiary/aromatic N) is 1. The largest absolute Gasteiger partial charge is 0.449 e. The van der Waals surface area contributed by atoms with E-state index in [1.807, 2.05) is 0 Å². The fraction of sp³-hybridized carbons (Fsp3) is 0.529. The summed E-state index contributed by atoms with van der Waals surface area (Å²) in [6, 6.07) is 4.80. The first-order chi connectivity index (χ1) is 12.4. The molecule has 0 aromatic heterocycles. The standard InChI is InChI=1S/C17H23NO7S2/c1-4-18(14-9-10-27(23,24)11-14)16(19)12(2)25-17(20)13-5-7-15(8-6-13)26(3,21)22/h5-8,12,14H,4,9-11H2,1-3H3. The lowest BCUT2D eigenvalue weighted by atomic mass is 10.2. The summed E-state index contributed by atoms with van der Waals surface area (Å²) in [5, 5.41) is 0. The Balaban J connectivity index is 2.05. The van der Waals surface area contributed by atoms with Gasteiger partial charge in [0.15, 0.2) is 25.8 Å². The van der Waals surface area contributed by atoms with Crippen molar-refractivity contribution in [1.29, 1.82) is 0 Å². The number of carbonyl (C=O) groups excluding carboxylic acids is 2. The summed E-state index contributed by atoms with van der Waals surface area (Å²) >= 11 is 0. The van der Waals surface area contributed by atoms with Crippen LogP contribution in [0.25, 0.3) is 0 Å². The number of sulfone groups is 2. The third kappa shape index (κ3) is 5.29. The van der Waals surface area contributed by atoms with Crippen LogP contribution >= 0.6 is 0 Å². The van der Waals surface area contributed by atoms with E-state index >= 15 is 0 Å². The van der Waals surface area contributed by atoms with E-state index in [4.69, 9.17) is 4.74 Å². The number of likely N-dealkylation sites (N-methyl/N-ethyl adjacent to an activating group) is 1. The minimum Gasteiger partial charge on any atom is -0.449 e. The van der Waals surface area contributed by atoms with Crippen LogP contribution in [0.2, 0.25) is 0 Å². The Morgan fingerprint density at radius 2 is 1.85 bits per heavy atom. The second kappa shape index (κ2) is 7.97. The molecule has 0 bridgehead atoms. The van der Waals surface area contributed by atoms with Crippen LogP contribution in [0, 0.1) is 0 Å². The quantitative estimate of drug-likeness (QED) is 0.625. The van der Waals surface area contributed by atoms with Gasteiger partial charge in [0.25, 0.3) is 5.91 Å². The van der Waals surface area contributed by atoms with Crippen LogP contribution in [-0.2, 0) is 29.2 Å². The molecule has 1 aliphatic heterocycles. The predicted octanol–water partition coefficient (Wildman–Crippen LogP) is 0.671. The van der Waals surface area contributed by atoms with Crippen molar-refractivity contribution in [3.63, 3.8) is 0 Å². The maximum absolute atomic E-state index is 12.6. The van der Waals surface area contributed by atoms with E-state index < -0.39 is 43.7 Å². The Labute approximate surface area is 159 Å². The highest BCUT2D eigenvalue weighted by molar-refractivity contribution is 7.91. The second-order valence-electron chi connectivity index (χ2n) is 6.53. The minimum absolute atomic E-state index is 0.0439. The summed E-state index contributed by atoms with van der Waals surface area (Å²) < 4.78 is 51.4. The van der Waals surface area contributed by atoms with Crippen LogP contribution in [0.3, 0.4) is 0 Å². The minimum atomic E-state index is -3.38. The molecule has 0 spiro atoms. The van der Waals surface area contributed by atoms with Crippen LogP contribution in [0.4, 0.5) is 0 Å². The topological polar surface area (TPSA) is 115 Å². The van der Waals surface area contributed by atoms with Gasteiger partial charge in [0, 0.05) is 18.8 Å². The maximum atomic E-state index is 12.6. The molecule has 1 saturated heterocycles. The van der Waals surface area contributed by atoms with Gasteiger partial charge in [-0.2, -0.15) is 0 Å². The van der Waals surface area contributed by atoms with Crippen molar-refractivity contribution >= 4 is 31.6 Å². The molecule has 27 heavy (non-hydrogen) atoms. The molecule has 1 fully saturated rings. The van der Waals surface area contributed by atoms with Crippen molar-refractivity contribution in [2.75, 3.05) is 24.3 Å². The Hall–Kier alpha value is -1.94.